The minimum Gasteiger partial charge on any atom is -0.298 e. The first-order valence-corrected chi connectivity index (χ1v) is 8.05. The summed E-state index contributed by atoms with van der Waals surface area (Å²) in [5, 5.41) is 0. The van der Waals surface area contributed by atoms with Gasteiger partial charge in [-0.05, 0) is 18.8 Å². The highest BCUT2D eigenvalue weighted by Gasteiger charge is 2.62. The van der Waals surface area contributed by atoms with Gasteiger partial charge in [0.15, 0.2) is 0 Å². The number of carbonyl (C=O) groups is 1. The van der Waals surface area contributed by atoms with Crippen LogP contribution in [0.1, 0.15) is 46.0 Å². The van der Waals surface area contributed by atoms with Gasteiger partial charge in [-0.3, -0.25) is 14.6 Å². The Morgan fingerprint density at radius 1 is 0.895 bits per heavy atom. The normalized spacial score (nSPS) is 53.8. The van der Waals surface area contributed by atoms with Gasteiger partial charge >= 0.3 is 0 Å². The van der Waals surface area contributed by atoms with Crippen LogP contribution in [0.3, 0.4) is 0 Å². The Labute approximate surface area is 116 Å². The Morgan fingerprint density at radius 3 is 1.84 bits per heavy atom. The first-order valence-electron chi connectivity index (χ1n) is 8.05. The molecule has 0 aromatic rings. The van der Waals surface area contributed by atoms with Gasteiger partial charge in [0.25, 0.3) is 0 Å². The van der Waals surface area contributed by atoms with Crippen molar-refractivity contribution in [3.8, 4) is 0 Å². The first-order chi connectivity index (χ1) is 9.02. The number of nitrogens with zero attached hydrogens (tertiary/aromatic N) is 2. The van der Waals surface area contributed by atoms with Gasteiger partial charge in [0.2, 0.25) is 0 Å². The number of piperidine rings is 2. The predicted molar refractivity (Wildman–Crippen MR) is 74.7 cm³/mol. The second-order valence-corrected chi connectivity index (χ2v) is 8.07. The molecule has 1 saturated carbocycles. The van der Waals surface area contributed by atoms with Crippen LogP contribution in [0.25, 0.3) is 0 Å². The molecule has 106 valence electrons. The van der Waals surface area contributed by atoms with E-state index in [9.17, 15) is 4.79 Å². The summed E-state index contributed by atoms with van der Waals surface area (Å²) in [5.74, 6) is 1.39. The smallest absolute Gasteiger partial charge is 0.149 e. The summed E-state index contributed by atoms with van der Waals surface area (Å²) in [6, 6.07) is 0. The minimum absolute atomic E-state index is 0.0869. The molecule has 0 aromatic carbocycles. The third-order valence-electron chi connectivity index (χ3n) is 6.12. The molecular formula is C16H26N2O. The maximum Gasteiger partial charge on any atom is 0.149 e. The number of hydrogen-bond donors (Lipinski definition) is 0. The number of ketones is 1. The van der Waals surface area contributed by atoms with Crippen LogP contribution in [0.4, 0.5) is 0 Å². The highest BCUT2D eigenvalue weighted by atomic mass is 16.1. The molecule has 1 aliphatic carbocycles. The molecule has 0 unspecified atom stereocenters. The van der Waals surface area contributed by atoms with Gasteiger partial charge in [0, 0.05) is 26.2 Å². The SMILES string of the molecule is CC12CN3CC(C)(CN(C1)C3C1CCCCC1)C2=O. The van der Waals surface area contributed by atoms with E-state index < -0.39 is 0 Å². The standard InChI is InChI=1S/C16H26N2O/c1-15-8-17-10-16(2,14(15)19)11-18(9-15)13(17)12-6-4-3-5-7-12/h12-13H,3-11H2,1-2H3. The highest BCUT2D eigenvalue weighted by molar-refractivity contribution is 5.92. The van der Waals surface area contributed by atoms with Crippen LogP contribution in [0.2, 0.25) is 0 Å². The molecule has 0 N–H and O–H groups in total. The van der Waals surface area contributed by atoms with E-state index in [-0.39, 0.29) is 10.8 Å². The van der Waals surface area contributed by atoms with Gasteiger partial charge in [-0.25, -0.2) is 0 Å². The number of rotatable bonds is 1. The van der Waals surface area contributed by atoms with Crippen LogP contribution in [-0.4, -0.2) is 47.9 Å². The Balaban J connectivity index is 1.64. The van der Waals surface area contributed by atoms with E-state index in [1.807, 2.05) is 0 Å². The van der Waals surface area contributed by atoms with Crippen LogP contribution >= 0.6 is 0 Å². The maximum absolute atomic E-state index is 12.6. The average molecular weight is 262 g/mol. The first kappa shape index (κ1) is 12.3. The van der Waals surface area contributed by atoms with Gasteiger partial charge in [-0.15, -0.1) is 0 Å². The Morgan fingerprint density at radius 2 is 1.37 bits per heavy atom. The fourth-order valence-corrected chi connectivity index (χ4v) is 5.65. The van der Waals surface area contributed by atoms with Crippen molar-refractivity contribution in [2.45, 2.75) is 52.1 Å². The summed E-state index contributed by atoms with van der Waals surface area (Å²) in [6.07, 6.45) is 7.71. The van der Waals surface area contributed by atoms with Crippen molar-refractivity contribution < 1.29 is 4.79 Å². The third-order valence-corrected chi connectivity index (χ3v) is 6.12. The summed E-state index contributed by atoms with van der Waals surface area (Å²) in [4.78, 5) is 18.0. The van der Waals surface area contributed by atoms with Crippen LogP contribution in [0.5, 0.6) is 0 Å². The van der Waals surface area contributed by atoms with Gasteiger partial charge < -0.3 is 0 Å². The zero-order valence-electron chi connectivity index (χ0n) is 12.3. The second kappa shape index (κ2) is 3.82. The van der Waals surface area contributed by atoms with Crippen molar-refractivity contribution in [3.05, 3.63) is 0 Å². The van der Waals surface area contributed by atoms with Gasteiger partial charge in [-0.2, -0.15) is 0 Å². The largest absolute Gasteiger partial charge is 0.298 e. The Hall–Kier alpha value is -0.410. The molecule has 5 rings (SSSR count). The molecule has 4 saturated heterocycles. The summed E-state index contributed by atoms with van der Waals surface area (Å²) in [7, 11) is 0. The lowest BCUT2D eigenvalue weighted by Crippen LogP contribution is -2.79. The Kier molecular flexibility index (Phi) is 2.48. The van der Waals surface area contributed by atoms with E-state index >= 15 is 0 Å². The van der Waals surface area contributed by atoms with Crippen molar-refractivity contribution in [2.75, 3.05) is 26.2 Å². The lowest BCUT2D eigenvalue weighted by Gasteiger charge is -2.66. The summed E-state index contributed by atoms with van der Waals surface area (Å²) < 4.78 is 0. The zero-order chi connectivity index (χ0) is 13.3. The maximum atomic E-state index is 12.6. The summed E-state index contributed by atoms with van der Waals surface area (Å²) >= 11 is 0. The molecule has 4 bridgehead atoms. The van der Waals surface area contributed by atoms with Crippen molar-refractivity contribution in [1.29, 1.82) is 0 Å². The van der Waals surface area contributed by atoms with Crippen LogP contribution < -0.4 is 0 Å². The highest BCUT2D eigenvalue weighted by Crippen LogP contribution is 2.50. The minimum atomic E-state index is -0.0869. The van der Waals surface area contributed by atoms with Crippen molar-refractivity contribution >= 4 is 5.78 Å². The van der Waals surface area contributed by atoms with E-state index in [2.05, 4.69) is 23.6 Å². The van der Waals surface area contributed by atoms with Gasteiger partial charge in [0.1, 0.15) is 5.78 Å². The van der Waals surface area contributed by atoms with E-state index in [0.29, 0.717) is 11.9 Å². The monoisotopic (exact) mass is 262 g/mol. The zero-order valence-corrected chi connectivity index (χ0v) is 12.3. The van der Waals surface area contributed by atoms with E-state index in [1.165, 1.54) is 32.1 Å². The third kappa shape index (κ3) is 1.61. The molecule has 0 aromatic heterocycles. The molecular weight excluding hydrogens is 236 g/mol. The van der Waals surface area contributed by atoms with Crippen LogP contribution in [-0.2, 0) is 4.79 Å². The molecule has 0 amide bonds. The molecule has 4 heterocycles. The molecule has 4 aliphatic heterocycles. The lowest BCUT2D eigenvalue weighted by atomic mass is 9.61. The molecule has 0 radical (unpaired) electrons. The molecule has 3 nitrogen and oxygen atoms in total. The lowest BCUT2D eigenvalue weighted by molar-refractivity contribution is -0.205. The molecule has 3 heteroatoms. The van der Waals surface area contributed by atoms with E-state index in [4.69, 9.17) is 0 Å². The van der Waals surface area contributed by atoms with E-state index in [1.54, 1.807) is 0 Å². The fourth-order valence-electron chi connectivity index (χ4n) is 5.65. The molecule has 0 spiro atoms. The predicted octanol–water partition coefficient (Wildman–Crippen LogP) is 2.12. The molecule has 5 aliphatic rings. The molecule has 19 heavy (non-hydrogen) atoms. The van der Waals surface area contributed by atoms with Crippen LogP contribution in [0.15, 0.2) is 0 Å². The molecule has 0 atom stereocenters. The van der Waals surface area contributed by atoms with Crippen molar-refractivity contribution in [2.24, 2.45) is 16.7 Å². The number of hydrogen-bond acceptors (Lipinski definition) is 3. The number of carbonyl (C=O) groups excluding carboxylic acids is 1. The number of Topliss-reactive ketones (excluding diaryl/α,β-unsaturated/α-hetero) is 1. The second-order valence-electron chi connectivity index (χ2n) is 8.07. The van der Waals surface area contributed by atoms with Crippen LogP contribution in [0, 0.1) is 16.7 Å². The summed E-state index contributed by atoms with van der Waals surface area (Å²) in [5.41, 5.74) is -0.174. The Bertz CT molecular complexity index is 373. The molecule has 5 fully saturated rings. The average Bonchev–Trinajstić information content (AvgIpc) is 2.36. The topological polar surface area (TPSA) is 23.6 Å². The fraction of sp³-hybridized carbons (Fsp3) is 0.938. The quantitative estimate of drug-likeness (QED) is 0.723. The van der Waals surface area contributed by atoms with Gasteiger partial charge in [-0.1, -0.05) is 33.1 Å². The summed E-state index contributed by atoms with van der Waals surface area (Å²) in [6.45, 7) is 8.45. The van der Waals surface area contributed by atoms with Crippen molar-refractivity contribution in [3.63, 3.8) is 0 Å². The van der Waals surface area contributed by atoms with Gasteiger partial charge in [0.05, 0.1) is 17.0 Å². The van der Waals surface area contributed by atoms with Crippen molar-refractivity contribution in [1.82, 2.24) is 9.80 Å². The van der Waals surface area contributed by atoms with E-state index in [0.717, 1.165) is 32.1 Å².